The highest BCUT2D eigenvalue weighted by Crippen LogP contribution is 2.44. The van der Waals surface area contributed by atoms with Crippen molar-refractivity contribution >= 4 is 17.4 Å². The minimum atomic E-state index is -4.99. The number of aromatic nitrogens is 1. The van der Waals surface area contributed by atoms with Crippen molar-refractivity contribution in [3.8, 4) is 17.0 Å². The van der Waals surface area contributed by atoms with E-state index in [2.05, 4.69) is 15.0 Å². The molecule has 11 heteroatoms. The molecule has 0 bridgehead atoms. The summed E-state index contributed by atoms with van der Waals surface area (Å²) in [5, 5.41) is 2.58. The predicted octanol–water partition coefficient (Wildman–Crippen LogP) is 5.02. The maximum absolute atomic E-state index is 14.0. The van der Waals surface area contributed by atoms with Crippen molar-refractivity contribution in [2.24, 2.45) is 0 Å². The molecule has 1 saturated carbocycles. The van der Waals surface area contributed by atoms with Crippen LogP contribution < -0.4 is 10.1 Å². The number of nitrogens with one attached hydrogen (secondary N) is 1. The van der Waals surface area contributed by atoms with Crippen molar-refractivity contribution in [1.29, 1.82) is 0 Å². The molecular formula is C28H25F4N3O4. The summed E-state index contributed by atoms with van der Waals surface area (Å²) < 4.78 is 62.7. The van der Waals surface area contributed by atoms with Crippen LogP contribution in [0.25, 0.3) is 11.3 Å². The number of ketones is 1. The second-order valence-corrected chi connectivity index (χ2v) is 9.48. The summed E-state index contributed by atoms with van der Waals surface area (Å²) in [6.07, 6.45) is -2.50. The van der Waals surface area contributed by atoms with Gasteiger partial charge in [-0.25, -0.2) is 4.39 Å². The molecule has 2 aliphatic rings. The highest BCUT2D eigenvalue weighted by atomic mass is 19.4. The Bertz CT molecular complexity index is 1370. The lowest BCUT2D eigenvalue weighted by atomic mass is 10.0. The number of benzene rings is 2. The standard InChI is InChI=1S/C28H25F4N3O4/c29-21-4-2-1-3-20(21)22-7-5-18(17-33-22)15-24(36)19-6-8-25(39-28(30,31)32)23(16-19)34-26(37)27(9-10-27)35-11-13-38-14-12-35/h1-8,16-17H,9-15H2,(H,34,37). The average Bonchev–Trinajstić information content (AvgIpc) is 3.73. The first-order valence-corrected chi connectivity index (χ1v) is 12.4. The van der Waals surface area contributed by atoms with E-state index >= 15 is 0 Å². The molecule has 1 aliphatic carbocycles. The van der Waals surface area contributed by atoms with E-state index in [1.807, 2.05) is 4.90 Å². The van der Waals surface area contributed by atoms with E-state index in [9.17, 15) is 27.2 Å². The van der Waals surface area contributed by atoms with Gasteiger partial charge < -0.3 is 14.8 Å². The van der Waals surface area contributed by atoms with Gasteiger partial charge in [0, 0.05) is 36.8 Å². The van der Waals surface area contributed by atoms with Gasteiger partial charge in [-0.15, -0.1) is 13.2 Å². The highest BCUT2D eigenvalue weighted by Gasteiger charge is 2.54. The van der Waals surface area contributed by atoms with Crippen LogP contribution in [0.15, 0.2) is 60.8 Å². The Morgan fingerprint density at radius 1 is 1.05 bits per heavy atom. The van der Waals surface area contributed by atoms with Crippen LogP contribution in [-0.4, -0.2) is 59.8 Å². The smallest absolute Gasteiger partial charge is 0.404 e. The number of hydrogen-bond donors (Lipinski definition) is 1. The van der Waals surface area contributed by atoms with Gasteiger partial charge in [0.1, 0.15) is 11.4 Å². The van der Waals surface area contributed by atoms with E-state index < -0.39 is 35.2 Å². The number of alkyl halides is 3. The number of amides is 1. The van der Waals surface area contributed by atoms with Gasteiger partial charge in [0.15, 0.2) is 11.5 Å². The fourth-order valence-electron chi connectivity index (χ4n) is 4.69. The number of nitrogens with zero attached hydrogens (tertiary/aromatic N) is 2. The fourth-order valence-corrected chi connectivity index (χ4v) is 4.69. The number of halogens is 4. The molecule has 2 heterocycles. The van der Waals surface area contributed by atoms with Gasteiger partial charge in [0.05, 0.1) is 24.6 Å². The number of ether oxygens (including phenoxy) is 2. The van der Waals surface area contributed by atoms with Crippen molar-refractivity contribution < 1.29 is 36.6 Å². The number of hydrogen-bond acceptors (Lipinski definition) is 6. The van der Waals surface area contributed by atoms with Crippen molar-refractivity contribution in [3.63, 3.8) is 0 Å². The number of Topliss-reactive ketones (excluding diaryl/α,β-unsaturated/α-hetero) is 1. The lowest BCUT2D eigenvalue weighted by Gasteiger charge is -2.34. The molecule has 5 rings (SSSR count). The summed E-state index contributed by atoms with van der Waals surface area (Å²) in [7, 11) is 0. The number of rotatable bonds is 8. The minimum absolute atomic E-state index is 0.0919. The second kappa shape index (κ2) is 10.7. The second-order valence-electron chi connectivity index (χ2n) is 9.48. The number of anilines is 1. The molecule has 1 aliphatic heterocycles. The Morgan fingerprint density at radius 2 is 1.79 bits per heavy atom. The zero-order valence-corrected chi connectivity index (χ0v) is 20.8. The monoisotopic (exact) mass is 543 g/mol. The topological polar surface area (TPSA) is 80.8 Å². The molecule has 39 heavy (non-hydrogen) atoms. The summed E-state index contributed by atoms with van der Waals surface area (Å²) in [4.78, 5) is 32.5. The average molecular weight is 544 g/mol. The molecule has 0 unspecified atom stereocenters. The van der Waals surface area contributed by atoms with Crippen LogP contribution in [0, 0.1) is 5.82 Å². The van der Waals surface area contributed by atoms with Gasteiger partial charge in [0.2, 0.25) is 5.91 Å². The molecular weight excluding hydrogens is 518 g/mol. The molecule has 0 atom stereocenters. The maximum Gasteiger partial charge on any atom is 0.573 e. The molecule has 3 aromatic rings. The third-order valence-corrected chi connectivity index (χ3v) is 6.88. The summed E-state index contributed by atoms with van der Waals surface area (Å²) >= 11 is 0. The molecule has 204 valence electrons. The van der Waals surface area contributed by atoms with E-state index in [1.165, 1.54) is 24.4 Å². The van der Waals surface area contributed by atoms with Gasteiger partial charge in [-0.1, -0.05) is 18.2 Å². The Hall–Kier alpha value is -3.83. The van der Waals surface area contributed by atoms with Crippen LogP contribution in [0.4, 0.5) is 23.2 Å². The summed E-state index contributed by atoms with van der Waals surface area (Å²) in [5.41, 5.74) is 0.291. The Labute approximate surface area is 221 Å². The molecule has 0 spiro atoms. The van der Waals surface area contributed by atoms with E-state index in [0.717, 1.165) is 6.07 Å². The van der Waals surface area contributed by atoms with Crippen molar-refractivity contribution in [2.75, 3.05) is 31.6 Å². The van der Waals surface area contributed by atoms with Crippen LogP contribution in [0.2, 0.25) is 0 Å². The maximum atomic E-state index is 14.0. The van der Waals surface area contributed by atoms with E-state index in [4.69, 9.17) is 4.74 Å². The lowest BCUT2D eigenvalue weighted by Crippen LogP contribution is -2.51. The molecule has 1 N–H and O–H groups in total. The first kappa shape index (κ1) is 26.8. The molecule has 1 saturated heterocycles. The van der Waals surface area contributed by atoms with Gasteiger partial charge in [-0.2, -0.15) is 0 Å². The lowest BCUT2D eigenvalue weighted by molar-refractivity contribution is -0.274. The summed E-state index contributed by atoms with van der Waals surface area (Å²) in [6.45, 7) is 2.03. The highest BCUT2D eigenvalue weighted by molar-refractivity contribution is 6.03. The van der Waals surface area contributed by atoms with Crippen molar-refractivity contribution in [2.45, 2.75) is 31.2 Å². The number of carbonyl (C=O) groups is 2. The molecule has 2 fully saturated rings. The molecule has 1 aromatic heterocycles. The molecule has 7 nitrogen and oxygen atoms in total. The van der Waals surface area contributed by atoms with Crippen LogP contribution in [0.1, 0.15) is 28.8 Å². The molecule has 2 aromatic carbocycles. The predicted molar refractivity (Wildman–Crippen MR) is 134 cm³/mol. The van der Waals surface area contributed by atoms with Crippen LogP contribution in [-0.2, 0) is 16.0 Å². The van der Waals surface area contributed by atoms with E-state index in [-0.39, 0.29) is 17.7 Å². The van der Waals surface area contributed by atoms with Crippen molar-refractivity contribution in [3.05, 3.63) is 77.7 Å². The van der Waals surface area contributed by atoms with Gasteiger partial charge in [-0.3, -0.25) is 19.5 Å². The zero-order valence-electron chi connectivity index (χ0n) is 20.8. The third kappa shape index (κ3) is 6.10. The van der Waals surface area contributed by atoms with Crippen LogP contribution in [0.3, 0.4) is 0 Å². The van der Waals surface area contributed by atoms with Gasteiger partial charge >= 0.3 is 6.36 Å². The molecule has 0 radical (unpaired) electrons. The summed E-state index contributed by atoms with van der Waals surface area (Å²) in [6, 6.07) is 12.8. The normalized spacial score (nSPS) is 16.9. The number of pyridine rings is 1. The van der Waals surface area contributed by atoms with E-state index in [1.54, 1.807) is 30.3 Å². The summed E-state index contributed by atoms with van der Waals surface area (Å²) in [5.74, 6) is -1.89. The SMILES string of the molecule is O=C(Cc1ccc(-c2ccccc2F)nc1)c1ccc(OC(F)(F)F)c(NC(=O)C2(N3CCOCC3)CC2)c1. The molecule has 1 amide bonds. The van der Waals surface area contributed by atoms with Gasteiger partial charge in [-0.05, 0) is 54.8 Å². The van der Waals surface area contributed by atoms with Crippen LogP contribution >= 0.6 is 0 Å². The quantitative estimate of drug-likeness (QED) is 0.318. The largest absolute Gasteiger partial charge is 0.573 e. The third-order valence-electron chi connectivity index (χ3n) is 6.88. The first-order valence-electron chi connectivity index (χ1n) is 12.4. The Morgan fingerprint density at radius 3 is 2.44 bits per heavy atom. The Balaban J connectivity index is 1.34. The van der Waals surface area contributed by atoms with Gasteiger partial charge in [0.25, 0.3) is 0 Å². The number of carbonyl (C=O) groups excluding carboxylic acids is 2. The van der Waals surface area contributed by atoms with Crippen LogP contribution in [0.5, 0.6) is 5.75 Å². The zero-order chi connectivity index (χ0) is 27.6. The fraction of sp³-hybridized carbons (Fsp3) is 0.321. The Kier molecular flexibility index (Phi) is 7.37. The minimum Gasteiger partial charge on any atom is -0.404 e. The van der Waals surface area contributed by atoms with Crippen molar-refractivity contribution in [1.82, 2.24) is 9.88 Å². The number of morpholine rings is 1. The first-order chi connectivity index (χ1) is 18.6. The van der Waals surface area contributed by atoms with E-state index in [0.29, 0.717) is 56.0 Å².